The van der Waals surface area contributed by atoms with Gasteiger partial charge in [0.2, 0.25) is 0 Å². The third-order valence-corrected chi connectivity index (χ3v) is 2.39. The van der Waals surface area contributed by atoms with Gasteiger partial charge in [-0.15, -0.1) is 0 Å². The van der Waals surface area contributed by atoms with Crippen LogP contribution in [0.1, 0.15) is 20.3 Å². The molecule has 0 aromatic carbocycles. The summed E-state index contributed by atoms with van der Waals surface area (Å²) in [5.74, 6) is -1.66. The molecule has 0 fully saturated rings. The van der Waals surface area contributed by atoms with E-state index in [-0.39, 0.29) is 5.57 Å². The number of hydrogen-bond acceptors (Lipinski definition) is 2. The Labute approximate surface area is 78.8 Å². The smallest absolute Gasteiger partial charge is 0.295 e. The zero-order valence-electron chi connectivity index (χ0n) is 7.73. The summed E-state index contributed by atoms with van der Waals surface area (Å²) in [6.07, 6.45) is -4.49. The van der Waals surface area contributed by atoms with E-state index >= 15 is 0 Å². The first-order valence-corrected chi connectivity index (χ1v) is 4.01. The predicted octanol–water partition coefficient (Wildman–Crippen LogP) is 2.04. The largest absolute Gasteiger partial charge is 0.401 e. The molecule has 5 heteroatoms. The molecule has 1 aliphatic carbocycles. The molecule has 0 heterocycles. The summed E-state index contributed by atoms with van der Waals surface area (Å²) < 4.78 is 37.6. The van der Waals surface area contributed by atoms with Gasteiger partial charge in [0.05, 0.1) is 0 Å². The lowest BCUT2D eigenvalue weighted by molar-refractivity contribution is -0.215. The van der Waals surface area contributed by atoms with Gasteiger partial charge in [0.1, 0.15) is 5.41 Å². The molecule has 0 spiro atoms. The van der Waals surface area contributed by atoms with Crippen molar-refractivity contribution in [2.24, 2.45) is 5.41 Å². The summed E-state index contributed by atoms with van der Waals surface area (Å²) >= 11 is 0. The first-order valence-electron chi connectivity index (χ1n) is 4.01. The molecule has 0 aromatic rings. The van der Waals surface area contributed by atoms with Gasteiger partial charge in [-0.2, -0.15) is 13.2 Å². The maximum absolute atomic E-state index is 12.5. The minimum absolute atomic E-state index is 0.124. The highest BCUT2D eigenvalue weighted by atomic mass is 19.4. The maximum Gasteiger partial charge on any atom is 0.401 e. The lowest BCUT2D eigenvalue weighted by Gasteiger charge is -2.32. The molecule has 14 heavy (non-hydrogen) atoms. The zero-order chi connectivity index (χ0) is 11.1. The maximum atomic E-state index is 12.5. The van der Waals surface area contributed by atoms with Crippen LogP contribution in [0.25, 0.3) is 0 Å². The van der Waals surface area contributed by atoms with Crippen LogP contribution >= 0.6 is 0 Å². The van der Waals surface area contributed by atoms with Crippen LogP contribution in [-0.4, -0.2) is 17.7 Å². The van der Waals surface area contributed by atoms with E-state index in [1.165, 1.54) is 6.92 Å². The predicted molar refractivity (Wildman–Crippen MR) is 42.6 cm³/mol. The average molecular weight is 206 g/mol. The molecule has 1 atom stereocenters. The topological polar surface area (TPSA) is 34.1 Å². The van der Waals surface area contributed by atoms with Crippen LogP contribution in [-0.2, 0) is 9.59 Å². The monoisotopic (exact) mass is 206 g/mol. The molecule has 0 aliphatic heterocycles. The van der Waals surface area contributed by atoms with Crippen molar-refractivity contribution in [3.63, 3.8) is 0 Å². The van der Waals surface area contributed by atoms with Crippen molar-refractivity contribution in [1.29, 1.82) is 0 Å². The number of alkyl halides is 3. The molecule has 1 unspecified atom stereocenters. The Morgan fingerprint density at radius 3 is 2.29 bits per heavy atom. The second kappa shape index (κ2) is 2.93. The van der Waals surface area contributed by atoms with Crippen molar-refractivity contribution in [2.45, 2.75) is 26.4 Å². The normalized spacial score (nSPS) is 29.1. The fourth-order valence-corrected chi connectivity index (χ4v) is 1.45. The summed E-state index contributed by atoms with van der Waals surface area (Å²) in [7, 11) is 0. The Hall–Kier alpha value is -1.13. The third kappa shape index (κ3) is 1.47. The molecule has 0 aromatic heterocycles. The van der Waals surface area contributed by atoms with Crippen molar-refractivity contribution < 1.29 is 22.8 Å². The Morgan fingerprint density at radius 1 is 1.36 bits per heavy atom. The summed E-state index contributed by atoms with van der Waals surface area (Å²) in [6, 6.07) is 0. The van der Waals surface area contributed by atoms with Gasteiger partial charge in [-0.05, 0) is 25.5 Å². The third-order valence-electron chi connectivity index (χ3n) is 2.39. The van der Waals surface area contributed by atoms with Crippen LogP contribution in [0.15, 0.2) is 11.6 Å². The number of halogens is 3. The van der Waals surface area contributed by atoms with E-state index in [1.54, 1.807) is 0 Å². The Morgan fingerprint density at radius 2 is 1.86 bits per heavy atom. The number of rotatable bonds is 0. The molecule has 0 N–H and O–H groups in total. The van der Waals surface area contributed by atoms with E-state index < -0.39 is 29.6 Å². The minimum Gasteiger partial charge on any atom is -0.295 e. The number of Topliss-reactive ketones (excluding diaryl/α,β-unsaturated/α-hetero) is 1. The molecule has 2 nitrogen and oxygen atoms in total. The van der Waals surface area contributed by atoms with Gasteiger partial charge in [-0.25, -0.2) is 0 Å². The average Bonchev–Trinajstić information content (AvgIpc) is 1.97. The molecule has 0 saturated carbocycles. The molecule has 1 aliphatic rings. The van der Waals surface area contributed by atoms with Crippen molar-refractivity contribution in [2.75, 3.05) is 0 Å². The van der Waals surface area contributed by atoms with Crippen molar-refractivity contribution in [3.05, 3.63) is 11.6 Å². The van der Waals surface area contributed by atoms with E-state index in [0.29, 0.717) is 0 Å². The van der Waals surface area contributed by atoms with Crippen molar-refractivity contribution in [3.8, 4) is 0 Å². The number of allylic oxidation sites excluding steroid dienone is 2. The van der Waals surface area contributed by atoms with Gasteiger partial charge in [0.15, 0.2) is 11.6 Å². The second-order valence-electron chi connectivity index (χ2n) is 3.63. The standard InChI is InChI=1S/C9H9F3O2/c1-5-3-6(13)4-8(2,7(5)14)9(10,11)12/h3H,4H2,1-2H3. The van der Waals surface area contributed by atoms with Crippen LogP contribution in [0, 0.1) is 5.41 Å². The van der Waals surface area contributed by atoms with Crippen molar-refractivity contribution in [1.82, 2.24) is 0 Å². The van der Waals surface area contributed by atoms with E-state index in [4.69, 9.17) is 0 Å². The number of carbonyl (C=O) groups excluding carboxylic acids is 2. The summed E-state index contributed by atoms with van der Waals surface area (Å²) in [5.41, 5.74) is -2.66. The van der Waals surface area contributed by atoms with Gasteiger partial charge >= 0.3 is 6.18 Å². The van der Waals surface area contributed by atoms with Crippen LogP contribution in [0.5, 0.6) is 0 Å². The van der Waals surface area contributed by atoms with E-state index in [0.717, 1.165) is 13.0 Å². The van der Waals surface area contributed by atoms with Crippen LogP contribution < -0.4 is 0 Å². The van der Waals surface area contributed by atoms with Crippen LogP contribution in [0.4, 0.5) is 13.2 Å². The number of carbonyl (C=O) groups is 2. The van der Waals surface area contributed by atoms with E-state index in [2.05, 4.69) is 0 Å². The van der Waals surface area contributed by atoms with Gasteiger partial charge in [0.25, 0.3) is 0 Å². The highest BCUT2D eigenvalue weighted by Gasteiger charge is 2.58. The summed E-state index contributed by atoms with van der Waals surface area (Å²) in [6.45, 7) is 1.99. The molecule has 0 bridgehead atoms. The van der Waals surface area contributed by atoms with Gasteiger partial charge in [-0.1, -0.05) is 0 Å². The quantitative estimate of drug-likeness (QED) is 0.607. The second-order valence-corrected chi connectivity index (χ2v) is 3.63. The highest BCUT2D eigenvalue weighted by Crippen LogP contribution is 2.45. The fourth-order valence-electron chi connectivity index (χ4n) is 1.45. The molecule has 0 saturated heterocycles. The zero-order valence-corrected chi connectivity index (χ0v) is 7.73. The molecule has 78 valence electrons. The number of ketones is 2. The van der Waals surface area contributed by atoms with Gasteiger partial charge in [-0.3, -0.25) is 9.59 Å². The molecule has 0 amide bonds. The Bertz CT molecular complexity index is 327. The van der Waals surface area contributed by atoms with Crippen LogP contribution in [0.3, 0.4) is 0 Å². The summed E-state index contributed by atoms with van der Waals surface area (Å²) in [4.78, 5) is 22.3. The minimum atomic E-state index is -4.67. The molecular weight excluding hydrogens is 197 g/mol. The highest BCUT2D eigenvalue weighted by molar-refractivity contribution is 6.11. The Kier molecular flexibility index (Phi) is 2.29. The molecular formula is C9H9F3O2. The summed E-state index contributed by atoms with van der Waals surface area (Å²) in [5, 5.41) is 0. The molecule has 1 rings (SSSR count). The first kappa shape index (κ1) is 10.9. The van der Waals surface area contributed by atoms with Crippen LogP contribution in [0.2, 0.25) is 0 Å². The SMILES string of the molecule is CC1=CC(=O)CC(C)(C(F)(F)F)C1=O. The van der Waals surface area contributed by atoms with Crippen molar-refractivity contribution >= 4 is 11.6 Å². The first-order chi connectivity index (χ1) is 6.18. The fraction of sp³-hybridized carbons (Fsp3) is 0.556. The lowest BCUT2D eigenvalue weighted by Crippen LogP contribution is -2.46. The van der Waals surface area contributed by atoms with Gasteiger partial charge in [0, 0.05) is 6.42 Å². The lowest BCUT2D eigenvalue weighted by atomic mass is 9.74. The van der Waals surface area contributed by atoms with Gasteiger partial charge < -0.3 is 0 Å². The molecule has 0 radical (unpaired) electrons. The number of hydrogen-bond donors (Lipinski definition) is 0. The van der Waals surface area contributed by atoms with E-state index in [9.17, 15) is 22.8 Å². The Balaban J connectivity index is 3.21. The van der Waals surface area contributed by atoms with E-state index in [1.807, 2.05) is 0 Å².